The quantitative estimate of drug-likeness (QED) is 0.539. The predicted molar refractivity (Wildman–Crippen MR) is 68.2 cm³/mol. The summed E-state index contributed by atoms with van der Waals surface area (Å²) in [5, 5.41) is 0. The monoisotopic (exact) mass is 266 g/mol. The summed E-state index contributed by atoms with van der Waals surface area (Å²) in [6, 6.07) is 0. The van der Waals surface area contributed by atoms with Gasteiger partial charge in [0.2, 0.25) is 23.1 Å². The van der Waals surface area contributed by atoms with Crippen LogP contribution in [0.25, 0.3) is 0 Å². The normalized spacial score (nSPS) is 17.7. The minimum Gasteiger partial charge on any atom is -0.489 e. The Labute approximate surface area is 112 Å². The summed E-state index contributed by atoms with van der Waals surface area (Å²) < 4.78 is 9.91. The fraction of sp³-hybridized carbons (Fsp3) is 0.500. The molecule has 0 saturated heterocycles. The van der Waals surface area contributed by atoms with E-state index in [0.29, 0.717) is 24.0 Å². The van der Waals surface area contributed by atoms with E-state index < -0.39 is 0 Å². The summed E-state index contributed by atoms with van der Waals surface area (Å²) in [4.78, 5) is 34.9. The number of ether oxygens (including phenoxy) is 2. The summed E-state index contributed by atoms with van der Waals surface area (Å²) >= 11 is 0. The molecule has 1 rings (SSSR count). The van der Waals surface area contributed by atoms with Gasteiger partial charge >= 0.3 is 0 Å². The van der Waals surface area contributed by atoms with E-state index in [0.717, 1.165) is 6.29 Å². The van der Waals surface area contributed by atoms with Gasteiger partial charge in [-0.1, -0.05) is 6.92 Å². The summed E-state index contributed by atoms with van der Waals surface area (Å²) in [7, 11) is 2.65. The molecule has 0 amide bonds. The van der Waals surface area contributed by atoms with E-state index >= 15 is 0 Å². The number of allylic oxidation sites excluding steroid dienone is 2. The van der Waals surface area contributed by atoms with Gasteiger partial charge in [0.15, 0.2) is 0 Å². The Morgan fingerprint density at radius 2 is 1.63 bits per heavy atom. The molecule has 0 heterocycles. The first-order valence-corrected chi connectivity index (χ1v) is 6.04. The van der Waals surface area contributed by atoms with Crippen LogP contribution >= 0.6 is 0 Å². The van der Waals surface area contributed by atoms with Gasteiger partial charge in [-0.3, -0.25) is 9.59 Å². The Kier molecular flexibility index (Phi) is 5.03. The molecule has 1 atom stereocenters. The number of ketones is 2. The van der Waals surface area contributed by atoms with Crippen molar-refractivity contribution in [2.45, 2.75) is 26.7 Å². The number of aldehydes is 1. The fourth-order valence-electron chi connectivity index (χ4n) is 1.93. The highest BCUT2D eigenvalue weighted by Gasteiger charge is 2.34. The number of carbonyl (C=O) groups is 3. The Bertz CT molecular complexity index is 470. The third-order valence-corrected chi connectivity index (χ3v) is 3.18. The van der Waals surface area contributed by atoms with Gasteiger partial charge in [0, 0.05) is 17.1 Å². The highest BCUT2D eigenvalue weighted by molar-refractivity contribution is 6.23. The van der Waals surface area contributed by atoms with Crippen LogP contribution in [0.5, 0.6) is 0 Å². The topological polar surface area (TPSA) is 69.7 Å². The maximum absolute atomic E-state index is 12.2. The summed E-state index contributed by atoms with van der Waals surface area (Å²) in [5.41, 5.74) is 0.761. The van der Waals surface area contributed by atoms with Crippen molar-refractivity contribution in [1.82, 2.24) is 0 Å². The second-order valence-electron chi connectivity index (χ2n) is 4.48. The number of rotatable bonds is 6. The maximum Gasteiger partial charge on any atom is 0.228 e. The summed E-state index contributed by atoms with van der Waals surface area (Å²) in [6.45, 7) is 3.36. The molecule has 0 aliphatic heterocycles. The molecule has 0 saturated carbocycles. The maximum atomic E-state index is 12.2. The second kappa shape index (κ2) is 6.31. The van der Waals surface area contributed by atoms with Crippen molar-refractivity contribution in [2.24, 2.45) is 5.92 Å². The fourth-order valence-corrected chi connectivity index (χ4v) is 1.93. The molecule has 0 aromatic carbocycles. The molecule has 1 aliphatic carbocycles. The van der Waals surface area contributed by atoms with Gasteiger partial charge in [0.1, 0.15) is 6.29 Å². The van der Waals surface area contributed by atoms with Crippen molar-refractivity contribution in [2.75, 3.05) is 14.2 Å². The average Bonchev–Trinajstić information content (AvgIpc) is 2.41. The number of carbonyl (C=O) groups excluding carboxylic acids is 3. The first-order valence-electron chi connectivity index (χ1n) is 6.04. The minimum atomic E-state index is -0.340. The predicted octanol–water partition coefficient (Wildman–Crippen LogP) is 1.57. The van der Waals surface area contributed by atoms with E-state index in [-0.39, 0.29) is 29.0 Å². The SMILES string of the molecule is COC1=C(OC)C(=O)C(CCC(C)C=O)=C(C)C1=O. The van der Waals surface area contributed by atoms with Crippen molar-refractivity contribution < 1.29 is 23.9 Å². The zero-order valence-corrected chi connectivity index (χ0v) is 11.6. The Hall–Kier alpha value is -1.91. The van der Waals surface area contributed by atoms with Gasteiger partial charge in [-0.15, -0.1) is 0 Å². The lowest BCUT2D eigenvalue weighted by atomic mass is 9.88. The van der Waals surface area contributed by atoms with Crippen molar-refractivity contribution >= 4 is 17.9 Å². The highest BCUT2D eigenvalue weighted by atomic mass is 16.5. The molecule has 0 spiro atoms. The van der Waals surface area contributed by atoms with Gasteiger partial charge in [-0.05, 0) is 19.8 Å². The molecule has 19 heavy (non-hydrogen) atoms. The largest absolute Gasteiger partial charge is 0.489 e. The molecule has 0 radical (unpaired) electrons. The lowest BCUT2D eigenvalue weighted by Crippen LogP contribution is -2.25. The van der Waals surface area contributed by atoms with Crippen LogP contribution in [0.3, 0.4) is 0 Å². The van der Waals surface area contributed by atoms with Crippen LogP contribution in [0.1, 0.15) is 26.7 Å². The highest BCUT2D eigenvalue weighted by Crippen LogP contribution is 2.28. The van der Waals surface area contributed by atoms with Crippen LogP contribution in [0.2, 0.25) is 0 Å². The Balaban J connectivity index is 3.06. The van der Waals surface area contributed by atoms with Gasteiger partial charge in [0.05, 0.1) is 14.2 Å². The van der Waals surface area contributed by atoms with Crippen LogP contribution in [-0.4, -0.2) is 32.1 Å². The molecule has 0 N–H and O–H groups in total. The van der Waals surface area contributed by atoms with Crippen LogP contribution in [0.4, 0.5) is 0 Å². The molecule has 1 aliphatic rings. The molecule has 5 nitrogen and oxygen atoms in total. The van der Waals surface area contributed by atoms with E-state index in [9.17, 15) is 14.4 Å². The molecule has 1 unspecified atom stereocenters. The standard InChI is InChI=1S/C14H18O5/c1-8(7-15)5-6-10-9(2)11(16)13(18-3)14(19-4)12(10)17/h7-8H,5-6H2,1-4H3. The molecule has 5 heteroatoms. The van der Waals surface area contributed by atoms with Crippen LogP contribution in [0, 0.1) is 5.92 Å². The zero-order valence-electron chi connectivity index (χ0n) is 11.6. The number of hydrogen-bond acceptors (Lipinski definition) is 5. The number of Topliss-reactive ketones (excluding diaryl/α,β-unsaturated/α-hetero) is 2. The molecular weight excluding hydrogens is 248 g/mol. The summed E-state index contributed by atoms with van der Waals surface area (Å²) in [5.74, 6) is -0.951. The van der Waals surface area contributed by atoms with Gasteiger partial charge < -0.3 is 14.3 Å². The van der Waals surface area contributed by atoms with E-state index in [1.165, 1.54) is 14.2 Å². The lowest BCUT2D eigenvalue weighted by Gasteiger charge is -2.20. The zero-order chi connectivity index (χ0) is 14.6. The molecule has 0 aromatic heterocycles. The number of methoxy groups -OCH3 is 2. The minimum absolute atomic E-state index is 0.0582. The molecule has 0 aromatic rings. The van der Waals surface area contributed by atoms with Crippen molar-refractivity contribution in [3.8, 4) is 0 Å². The van der Waals surface area contributed by atoms with Crippen LogP contribution < -0.4 is 0 Å². The second-order valence-corrected chi connectivity index (χ2v) is 4.48. The van der Waals surface area contributed by atoms with Gasteiger partial charge in [0.25, 0.3) is 0 Å². The lowest BCUT2D eigenvalue weighted by molar-refractivity contribution is -0.121. The van der Waals surface area contributed by atoms with Crippen molar-refractivity contribution in [1.29, 1.82) is 0 Å². The van der Waals surface area contributed by atoms with E-state index in [1.54, 1.807) is 13.8 Å². The van der Waals surface area contributed by atoms with E-state index in [4.69, 9.17) is 9.47 Å². The van der Waals surface area contributed by atoms with Crippen molar-refractivity contribution in [3.05, 3.63) is 22.7 Å². The summed E-state index contributed by atoms with van der Waals surface area (Å²) in [6.07, 6.45) is 1.73. The third kappa shape index (κ3) is 2.92. The van der Waals surface area contributed by atoms with E-state index in [1.807, 2.05) is 0 Å². The van der Waals surface area contributed by atoms with Crippen molar-refractivity contribution in [3.63, 3.8) is 0 Å². The first-order chi connectivity index (χ1) is 8.97. The molecule has 0 fully saturated rings. The third-order valence-electron chi connectivity index (χ3n) is 3.18. The first kappa shape index (κ1) is 15.1. The Morgan fingerprint density at radius 3 is 2.11 bits per heavy atom. The molecule has 104 valence electrons. The Morgan fingerprint density at radius 1 is 1.11 bits per heavy atom. The van der Waals surface area contributed by atoms with Crippen LogP contribution in [-0.2, 0) is 23.9 Å². The smallest absolute Gasteiger partial charge is 0.228 e. The van der Waals surface area contributed by atoms with E-state index in [2.05, 4.69) is 0 Å². The van der Waals surface area contributed by atoms with Gasteiger partial charge in [-0.25, -0.2) is 0 Å². The average molecular weight is 266 g/mol. The molecule has 0 bridgehead atoms. The molecular formula is C14H18O5. The number of hydrogen-bond donors (Lipinski definition) is 0. The van der Waals surface area contributed by atoms with Gasteiger partial charge in [-0.2, -0.15) is 0 Å². The van der Waals surface area contributed by atoms with Crippen LogP contribution in [0.15, 0.2) is 22.7 Å².